The van der Waals surface area contributed by atoms with Crippen molar-refractivity contribution in [2.45, 2.75) is 18.7 Å². The largest absolute Gasteiger partial charge is 0.462 e. The molecular weight excluding hydrogens is 517 g/mol. The Hall–Kier alpha value is -3.12. The van der Waals surface area contributed by atoms with Gasteiger partial charge >= 0.3 is 5.97 Å². The Labute approximate surface area is 219 Å². The van der Waals surface area contributed by atoms with E-state index < -0.39 is 21.8 Å². The van der Waals surface area contributed by atoms with E-state index in [9.17, 15) is 22.4 Å². The number of rotatable bonds is 8. The molecule has 0 aliphatic carbocycles. The zero-order chi connectivity index (χ0) is 26.6. The van der Waals surface area contributed by atoms with E-state index in [1.807, 2.05) is 41.5 Å². The van der Waals surface area contributed by atoms with Gasteiger partial charge in [0.15, 0.2) is 0 Å². The van der Waals surface area contributed by atoms with Gasteiger partial charge in [0.2, 0.25) is 15.9 Å². The SMILES string of the molecule is CCOC(=O)c1c(-c2ccc(C)cc2)csc1NC(=O)CN1CCN(S(=O)(=O)c2ccc(F)cc2)CC1. The first-order chi connectivity index (χ1) is 17.7. The number of aryl methyl sites for hydroxylation is 1. The number of carbonyl (C=O) groups excluding carboxylic acids is 2. The molecule has 11 heteroatoms. The lowest BCUT2D eigenvalue weighted by Gasteiger charge is -2.33. The number of hydrogen-bond acceptors (Lipinski definition) is 7. The molecule has 1 aliphatic rings. The summed E-state index contributed by atoms with van der Waals surface area (Å²) in [5.41, 5.74) is 2.96. The third-order valence-electron chi connectivity index (χ3n) is 6.04. The lowest BCUT2D eigenvalue weighted by atomic mass is 10.0. The van der Waals surface area contributed by atoms with Crippen molar-refractivity contribution in [2.75, 3.05) is 44.6 Å². The first-order valence-electron chi connectivity index (χ1n) is 11.8. The first-order valence-corrected chi connectivity index (χ1v) is 14.1. The van der Waals surface area contributed by atoms with E-state index >= 15 is 0 Å². The smallest absolute Gasteiger partial charge is 0.341 e. The van der Waals surface area contributed by atoms with E-state index in [2.05, 4.69) is 5.32 Å². The summed E-state index contributed by atoms with van der Waals surface area (Å²) in [4.78, 5) is 27.5. The molecule has 2 heterocycles. The normalized spacial score (nSPS) is 14.9. The Morgan fingerprint density at radius 3 is 2.30 bits per heavy atom. The Balaban J connectivity index is 1.41. The van der Waals surface area contributed by atoms with E-state index in [4.69, 9.17) is 4.74 Å². The van der Waals surface area contributed by atoms with Crippen LogP contribution in [-0.4, -0.2) is 68.8 Å². The highest BCUT2D eigenvalue weighted by molar-refractivity contribution is 7.89. The van der Waals surface area contributed by atoms with Gasteiger partial charge in [0, 0.05) is 37.1 Å². The second-order valence-corrected chi connectivity index (χ2v) is 11.4. The molecule has 3 aromatic rings. The fourth-order valence-corrected chi connectivity index (χ4v) is 6.45. The molecule has 1 amide bonds. The number of nitrogens with one attached hydrogen (secondary N) is 1. The van der Waals surface area contributed by atoms with Crippen LogP contribution in [0.3, 0.4) is 0 Å². The minimum absolute atomic E-state index is 0.0358. The van der Waals surface area contributed by atoms with Crippen LogP contribution < -0.4 is 5.32 Å². The van der Waals surface area contributed by atoms with Crippen molar-refractivity contribution in [3.05, 3.63) is 70.9 Å². The van der Waals surface area contributed by atoms with Gasteiger partial charge in [-0.15, -0.1) is 11.3 Å². The number of hydrogen-bond donors (Lipinski definition) is 1. The third-order valence-corrected chi connectivity index (χ3v) is 8.84. The van der Waals surface area contributed by atoms with E-state index in [1.165, 1.54) is 27.8 Å². The molecule has 1 aliphatic heterocycles. The van der Waals surface area contributed by atoms with Gasteiger partial charge in [-0.05, 0) is 43.7 Å². The van der Waals surface area contributed by atoms with Gasteiger partial charge in [-0.3, -0.25) is 9.69 Å². The molecular formula is C26H28FN3O5S2. The Morgan fingerprint density at radius 2 is 1.68 bits per heavy atom. The Morgan fingerprint density at radius 1 is 1.03 bits per heavy atom. The van der Waals surface area contributed by atoms with Crippen molar-refractivity contribution in [1.29, 1.82) is 0 Å². The number of halogens is 1. The molecule has 1 N–H and O–H groups in total. The van der Waals surface area contributed by atoms with Gasteiger partial charge in [0.1, 0.15) is 16.4 Å². The van der Waals surface area contributed by atoms with Crippen molar-refractivity contribution in [3.8, 4) is 11.1 Å². The topological polar surface area (TPSA) is 96.0 Å². The van der Waals surface area contributed by atoms with Gasteiger partial charge in [-0.2, -0.15) is 4.31 Å². The number of nitrogens with zero attached hydrogens (tertiary/aromatic N) is 2. The molecule has 0 bridgehead atoms. The maximum Gasteiger partial charge on any atom is 0.341 e. The van der Waals surface area contributed by atoms with Crippen LogP contribution >= 0.6 is 11.3 Å². The van der Waals surface area contributed by atoms with Crippen LogP contribution in [0.2, 0.25) is 0 Å². The van der Waals surface area contributed by atoms with Crippen LogP contribution in [-0.2, 0) is 19.6 Å². The summed E-state index contributed by atoms with van der Waals surface area (Å²) in [5, 5.41) is 5.08. The van der Waals surface area contributed by atoms with Crippen LogP contribution in [0.1, 0.15) is 22.8 Å². The fourth-order valence-electron chi connectivity index (χ4n) is 4.05. The summed E-state index contributed by atoms with van der Waals surface area (Å²) in [5.74, 6) is -1.32. The van der Waals surface area contributed by atoms with E-state index in [1.54, 1.807) is 6.92 Å². The number of piperazine rings is 1. The summed E-state index contributed by atoms with van der Waals surface area (Å²) >= 11 is 1.26. The van der Waals surface area contributed by atoms with Crippen LogP contribution in [0.25, 0.3) is 11.1 Å². The average molecular weight is 546 g/mol. The molecule has 1 aromatic heterocycles. The summed E-state index contributed by atoms with van der Waals surface area (Å²) < 4.78 is 45.4. The number of benzene rings is 2. The van der Waals surface area contributed by atoms with Gasteiger partial charge in [0.05, 0.1) is 18.0 Å². The van der Waals surface area contributed by atoms with Gasteiger partial charge in [-0.25, -0.2) is 17.6 Å². The highest BCUT2D eigenvalue weighted by Gasteiger charge is 2.30. The van der Waals surface area contributed by atoms with E-state index in [0.29, 0.717) is 29.2 Å². The van der Waals surface area contributed by atoms with Crippen molar-refractivity contribution in [3.63, 3.8) is 0 Å². The zero-order valence-corrected chi connectivity index (χ0v) is 22.2. The summed E-state index contributed by atoms with van der Waals surface area (Å²) in [6.45, 7) is 5.09. The molecule has 8 nitrogen and oxygen atoms in total. The standard InChI is InChI=1S/C26H28FN3O5S2/c1-3-35-26(32)24-22(19-6-4-18(2)5-7-19)17-36-25(24)28-23(31)16-29-12-14-30(15-13-29)37(33,34)21-10-8-20(27)9-11-21/h4-11,17H,3,12-16H2,1-2H3,(H,28,31). The van der Waals surface area contributed by atoms with Crippen LogP contribution in [0, 0.1) is 12.7 Å². The fraction of sp³-hybridized carbons (Fsp3) is 0.308. The second kappa shape index (κ2) is 11.5. The quantitative estimate of drug-likeness (QED) is 0.430. The maximum absolute atomic E-state index is 13.2. The Kier molecular flexibility index (Phi) is 8.38. The monoisotopic (exact) mass is 545 g/mol. The lowest BCUT2D eigenvalue weighted by molar-refractivity contribution is -0.117. The molecule has 0 unspecified atom stereocenters. The predicted octanol–water partition coefficient (Wildman–Crippen LogP) is 3.98. The number of ether oxygens (including phenoxy) is 1. The van der Waals surface area contributed by atoms with Crippen molar-refractivity contribution >= 4 is 38.2 Å². The van der Waals surface area contributed by atoms with Gasteiger partial charge in [-0.1, -0.05) is 29.8 Å². The highest BCUT2D eigenvalue weighted by atomic mass is 32.2. The number of sulfonamides is 1. The van der Waals surface area contributed by atoms with Crippen molar-refractivity contribution in [2.24, 2.45) is 0 Å². The number of amides is 1. The molecule has 0 saturated carbocycles. The molecule has 0 radical (unpaired) electrons. The molecule has 0 spiro atoms. The third kappa shape index (κ3) is 6.24. The first kappa shape index (κ1) is 26.9. The molecule has 4 rings (SSSR count). The van der Waals surface area contributed by atoms with Crippen LogP contribution in [0.15, 0.2) is 58.8 Å². The minimum Gasteiger partial charge on any atom is -0.462 e. The number of thiophene rings is 1. The molecule has 1 fully saturated rings. The summed E-state index contributed by atoms with van der Waals surface area (Å²) in [7, 11) is -3.74. The summed E-state index contributed by atoms with van der Waals surface area (Å²) in [6, 6.07) is 12.5. The molecule has 1 saturated heterocycles. The lowest BCUT2D eigenvalue weighted by Crippen LogP contribution is -2.50. The van der Waals surface area contributed by atoms with Crippen molar-refractivity contribution < 1.29 is 27.1 Å². The van der Waals surface area contributed by atoms with Crippen LogP contribution in [0.5, 0.6) is 0 Å². The highest BCUT2D eigenvalue weighted by Crippen LogP contribution is 2.36. The van der Waals surface area contributed by atoms with Gasteiger partial charge < -0.3 is 10.1 Å². The molecule has 0 atom stereocenters. The Bertz CT molecular complexity index is 1360. The zero-order valence-electron chi connectivity index (χ0n) is 20.6. The number of carbonyl (C=O) groups is 2. The minimum atomic E-state index is -3.74. The van der Waals surface area contributed by atoms with Gasteiger partial charge in [0.25, 0.3) is 0 Å². The average Bonchev–Trinajstić information content (AvgIpc) is 3.28. The molecule has 196 valence electrons. The maximum atomic E-state index is 13.2. The molecule has 2 aromatic carbocycles. The molecule has 37 heavy (non-hydrogen) atoms. The van der Waals surface area contributed by atoms with E-state index in [-0.39, 0.29) is 37.0 Å². The predicted molar refractivity (Wildman–Crippen MR) is 141 cm³/mol. The van der Waals surface area contributed by atoms with E-state index in [0.717, 1.165) is 23.3 Å². The van der Waals surface area contributed by atoms with Crippen LogP contribution in [0.4, 0.5) is 9.39 Å². The second-order valence-electron chi connectivity index (χ2n) is 8.62. The number of anilines is 1. The number of esters is 1. The van der Waals surface area contributed by atoms with Crippen molar-refractivity contribution in [1.82, 2.24) is 9.21 Å². The summed E-state index contributed by atoms with van der Waals surface area (Å²) in [6.07, 6.45) is 0.